The van der Waals surface area contributed by atoms with Crippen molar-refractivity contribution >= 4 is 160 Å². The van der Waals surface area contributed by atoms with Crippen molar-refractivity contribution in [2.24, 2.45) is 0 Å². The van der Waals surface area contributed by atoms with Gasteiger partial charge in [-0.05, 0) is 203 Å². The molecule has 21 rings (SSSR count). The quantitative estimate of drug-likeness (QED) is 0.151. The molecule has 0 saturated carbocycles. The zero-order chi connectivity index (χ0) is 70.6. The van der Waals surface area contributed by atoms with Gasteiger partial charge in [-0.25, -0.2) is 0 Å². The van der Waals surface area contributed by atoms with Gasteiger partial charge < -0.3 is 0 Å². The monoisotopic (exact) mass is 1450 g/mol. The molecule has 0 amide bonds. The van der Waals surface area contributed by atoms with Crippen LogP contribution in [-0.2, 0) is 0 Å². The zero-order valence-electron chi connectivity index (χ0n) is 59.5. The summed E-state index contributed by atoms with van der Waals surface area (Å²) >= 11 is 3.76. The molecule has 0 fully saturated rings. The molecule has 2 heteroatoms. The summed E-state index contributed by atoms with van der Waals surface area (Å²) < 4.78 is 5.58. The molecule has 0 aliphatic rings. The Morgan fingerprint density at radius 3 is 0.844 bits per heavy atom. The van der Waals surface area contributed by atoms with Gasteiger partial charge in [-0.3, -0.25) is 0 Å². The largest absolute Gasteiger partial charge is 0.135 e. The van der Waals surface area contributed by atoms with Gasteiger partial charge in [0.05, 0.1) is 0 Å². The molecule has 538 valence electrons. The van der Waals surface area contributed by atoms with Crippen molar-refractivity contribution in [2.45, 2.75) is 78.7 Å². The van der Waals surface area contributed by atoms with E-state index in [0.717, 1.165) is 0 Å². The van der Waals surface area contributed by atoms with Gasteiger partial charge in [0.2, 0.25) is 0 Å². The Balaban J connectivity index is 0.000000133. The van der Waals surface area contributed by atoms with E-state index in [1.54, 1.807) is 0 Å². The third-order valence-electron chi connectivity index (χ3n) is 20.2. The summed E-state index contributed by atoms with van der Waals surface area (Å²) in [5.74, 6) is 0. The van der Waals surface area contributed by atoms with Gasteiger partial charge in [0.15, 0.2) is 0 Å². The predicted octanol–water partition coefficient (Wildman–Crippen LogP) is 33.6. The number of hydrogen-bond acceptors (Lipinski definition) is 2. The number of thiophene rings is 2. The van der Waals surface area contributed by atoms with Crippen LogP contribution in [0.25, 0.3) is 160 Å². The van der Waals surface area contributed by atoms with Crippen LogP contribution in [0.3, 0.4) is 0 Å². The minimum absolute atomic E-state index is 0. The lowest BCUT2D eigenvalue weighted by Crippen LogP contribution is -1.85. The average Bonchev–Trinajstić information content (AvgIpc) is 1.74. The Hall–Kier alpha value is -12.0. The first-order valence-corrected chi connectivity index (χ1v) is 37.6. The van der Waals surface area contributed by atoms with E-state index in [1.165, 1.54) is 193 Å². The topological polar surface area (TPSA) is 0 Å². The Labute approximate surface area is 653 Å². The van der Waals surface area contributed by atoms with Crippen molar-refractivity contribution in [3.63, 3.8) is 0 Å². The highest BCUT2D eigenvalue weighted by Gasteiger charge is 2.14. The van der Waals surface area contributed by atoms with Crippen molar-refractivity contribution in [3.05, 3.63) is 397 Å². The minimum atomic E-state index is 0. The zero-order valence-corrected chi connectivity index (χ0v) is 61.1. The van der Waals surface area contributed by atoms with E-state index in [0.29, 0.717) is 0 Å². The summed E-state index contributed by atoms with van der Waals surface area (Å²) in [5, 5.41) is 29.5. The fourth-order valence-corrected chi connectivity index (χ4v) is 17.3. The summed E-state index contributed by atoms with van der Waals surface area (Å²) in [5.41, 5.74) is 13.0. The molecule has 2 aromatic heterocycles. The Morgan fingerprint density at radius 2 is 0.413 bits per heavy atom. The minimum Gasteiger partial charge on any atom is -0.135 e. The highest BCUT2D eigenvalue weighted by Crippen LogP contribution is 2.42. The van der Waals surface area contributed by atoms with E-state index >= 15 is 0 Å². The van der Waals surface area contributed by atoms with Gasteiger partial charge in [0.25, 0.3) is 0 Å². The lowest BCUT2D eigenvalue weighted by molar-refractivity contribution is 1.47. The molecule has 0 radical (unpaired) electrons. The van der Waals surface area contributed by atoms with Crippen LogP contribution < -0.4 is 0 Å². The number of hydrogen-bond donors (Lipinski definition) is 0. The maximum absolute atomic E-state index is 2.35. The van der Waals surface area contributed by atoms with E-state index in [-0.39, 0.29) is 37.1 Å². The van der Waals surface area contributed by atoms with Gasteiger partial charge in [-0.2, -0.15) is 0 Å². The summed E-state index contributed by atoms with van der Waals surface area (Å²) in [6.45, 7) is 12.8. The maximum Gasteiger partial charge on any atom is 0.0384 e. The summed E-state index contributed by atoms with van der Waals surface area (Å²) in [6.07, 6.45) is 0. The number of benzene rings is 19. The number of aryl methyl sites for hydroxylation is 6. The molecule has 2 heterocycles. The van der Waals surface area contributed by atoms with E-state index in [2.05, 4.69) is 387 Å². The second-order valence-electron chi connectivity index (χ2n) is 27.4. The van der Waals surface area contributed by atoms with Crippen molar-refractivity contribution < 1.29 is 0 Å². The molecule has 109 heavy (non-hydrogen) atoms. The first kappa shape index (κ1) is 78.0. The van der Waals surface area contributed by atoms with E-state index in [9.17, 15) is 0 Å². The van der Waals surface area contributed by atoms with E-state index < -0.39 is 0 Å². The molecule has 0 atom stereocenters. The van der Waals surface area contributed by atoms with Gasteiger partial charge in [0.1, 0.15) is 0 Å². The van der Waals surface area contributed by atoms with Crippen LogP contribution >= 0.6 is 22.7 Å². The fourth-order valence-electron chi connectivity index (χ4n) is 15.0. The molecule has 0 spiro atoms. The van der Waals surface area contributed by atoms with E-state index in [4.69, 9.17) is 0 Å². The second kappa shape index (κ2) is 34.7. The summed E-state index contributed by atoms with van der Waals surface area (Å²) in [6, 6.07) is 131. The van der Waals surface area contributed by atoms with Crippen LogP contribution in [0.5, 0.6) is 0 Å². The lowest BCUT2D eigenvalue weighted by Gasteiger charge is -2.12. The van der Waals surface area contributed by atoms with Crippen LogP contribution in [0, 0.1) is 41.5 Å². The Kier molecular flexibility index (Phi) is 24.8. The summed E-state index contributed by atoms with van der Waals surface area (Å²) in [4.78, 5) is 0. The maximum atomic E-state index is 2.35. The number of rotatable bonds is 2. The van der Waals surface area contributed by atoms with Crippen molar-refractivity contribution in [2.75, 3.05) is 0 Å². The molecule has 0 saturated heterocycles. The fraction of sp³-hybridized carbons (Fsp3) is 0.103. The molecule has 21 aromatic rings. The molecule has 0 unspecified atom stereocenters. The third-order valence-corrected chi connectivity index (χ3v) is 22.7. The normalized spacial score (nSPS) is 10.7. The van der Waals surface area contributed by atoms with E-state index in [1.807, 2.05) is 40.9 Å². The molecule has 0 nitrogen and oxygen atoms in total. The first-order chi connectivity index (χ1) is 51.1. The second-order valence-corrected chi connectivity index (χ2v) is 29.5. The number of fused-ring (bicyclic) bond motifs is 24. The third kappa shape index (κ3) is 16.0. The smallest absolute Gasteiger partial charge is 0.0384 e. The molecular formula is C107H98S2. The standard InChI is InChI=1S/2C25H18.C19H14.2C13H10S.C7H8.5CH4/c1-17-7-6-8-18(15-17)19-13-14-24-22-11-3-2-9-20(22)21-10-4-5-12-23(21)25(24)16-19;1-17-10-12-18(13-11-17)19-14-15-24-22-8-3-2-6-20(22)21-7-4-5-9-23(21)25(24)16-19;1-13-10-11-18-16-8-3-2-6-14(16)15-7-4-5-9-17(15)19(18)12-13;1-9-5-4-7-11-10-6-2-3-8-12(10)14-13(9)11;1-9-6-7-13-11(8-9)10-4-2-3-5-12(10)14-13;1-7-5-3-2-4-6-7;;;;;/h2*2-16H,1H3;2-12H,1H3;2*2-8H,1H3;2-6H,1H3;5*1H4. The highest BCUT2D eigenvalue weighted by atomic mass is 32.1. The van der Waals surface area contributed by atoms with Gasteiger partial charge in [0, 0.05) is 40.3 Å². The Morgan fingerprint density at radius 1 is 0.147 bits per heavy atom. The SMILES string of the molecule is C.C.C.C.C.Cc1ccc(-c2ccc3c4ccccc4c4ccccc4c3c2)cc1.Cc1ccc2c3ccccc3c3ccccc3c2c1.Cc1ccc2sc3ccccc3c2c1.Cc1cccc(-c2ccc3c4ccccc4c4ccccc4c3c2)c1.Cc1cccc2c1sc1ccccc12.Cc1ccccc1. The van der Waals surface area contributed by atoms with Gasteiger partial charge in [-0.15, -0.1) is 22.7 Å². The van der Waals surface area contributed by atoms with Crippen LogP contribution in [0.2, 0.25) is 0 Å². The van der Waals surface area contributed by atoms with Crippen molar-refractivity contribution in [1.82, 2.24) is 0 Å². The molecule has 19 aromatic carbocycles. The molecular weight excluding hydrogens is 1350 g/mol. The van der Waals surface area contributed by atoms with Crippen LogP contribution in [0.1, 0.15) is 70.5 Å². The highest BCUT2D eigenvalue weighted by molar-refractivity contribution is 7.26. The van der Waals surface area contributed by atoms with Gasteiger partial charge in [-0.1, -0.05) is 393 Å². The van der Waals surface area contributed by atoms with Crippen LogP contribution in [0.15, 0.2) is 364 Å². The summed E-state index contributed by atoms with van der Waals surface area (Å²) in [7, 11) is 0. The lowest BCUT2D eigenvalue weighted by atomic mass is 9.92. The average molecular weight is 1450 g/mol. The van der Waals surface area contributed by atoms with Gasteiger partial charge >= 0.3 is 0 Å². The van der Waals surface area contributed by atoms with Crippen molar-refractivity contribution in [3.8, 4) is 22.3 Å². The Bertz CT molecular complexity index is 6610. The van der Waals surface area contributed by atoms with Crippen molar-refractivity contribution in [1.29, 1.82) is 0 Å². The van der Waals surface area contributed by atoms with Crippen LogP contribution in [-0.4, -0.2) is 0 Å². The van der Waals surface area contributed by atoms with Crippen LogP contribution in [0.4, 0.5) is 0 Å². The first-order valence-electron chi connectivity index (χ1n) is 35.9. The molecule has 0 aliphatic heterocycles. The molecule has 0 aliphatic carbocycles. The molecule has 0 N–H and O–H groups in total. The molecule has 0 bridgehead atoms. The predicted molar refractivity (Wildman–Crippen MR) is 495 cm³/mol.